The molecule has 2 aromatic carbocycles. The summed E-state index contributed by atoms with van der Waals surface area (Å²) in [7, 11) is -3.71. The van der Waals surface area contributed by atoms with Crippen LogP contribution in [0.4, 0.5) is 0 Å². The Balaban J connectivity index is 2.33. The van der Waals surface area contributed by atoms with Crippen molar-refractivity contribution in [2.24, 2.45) is 0 Å². The van der Waals surface area contributed by atoms with Gasteiger partial charge in [-0.05, 0) is 42.8 Å². The summed E-state index contributed by atoms with van der Waals surface area (Å²) < 4.78 is 30.2. The summed E-state index contributed by atoms with van der Waals surface area (Å²) >= 11 is 0. The third kappa shape index (κ3) is 2.93. The van der Waals surface area contributed by atoms with Gasteiger partial charge in [0.15, 0.2) is 0 Å². The van der Waals surface area contributed by atoms with Crippen molar-refractivity contribution in [3.8, 4) is 11.5 Å². The molecule has 1 N–H and O–H groups in total. The number of para-hydroxylation sites is 1. The van der Waals surface area contributed by atoms with E-state index in [9.17, 15) is 13.5 Å². The fourth-order valence-corrected chi connectivity index (χ4v) is 3.10. The maximum Gasteiger partial charge on any atom is 0.210 e. The highest BCUT2D eigenvalue weighted by Crippen LogP contribution is 2.29. The first-order chi connectivity index (χ1) is 9.55. The molecule has 0 spiro atoms. The second-order valence-electron chi connectivity index (χ2n) is 4.29. The molecule has 0 heterocycles. The number of aromatic hydroxyl groups is 1. The van der Waals surface area contributed by atoms with Gasteiger partial charge in [-0.3, -0.25) is 0 Å². The largest absolute Gasteiger partial charge is 0.507 e. The number of rotatable bonds is 5. The standard InChI is InChI=1S/C15H16O4S/c1-2-11-19-12-7-9-13(10-8-12)20(17,18)15-6-4-3-5-14(15)16/h3-10,16H,2,11H2,1H3. The molecule has 20 heavy (non-hydrogen) atoms. The Hall–Kier alpha value is -2.01. The van der Waals surface area contributed by atoms with E-state index in [-0.39, 0.29) is 15.5 Å². The molecule has 0 radical (unpaired) electrons. The van der Waals surface area contributed by atoms with Gasteiger partial charge < -0.3 is 9.84 Å². The lowest BCUT2D eigenvalue weighted by Crippen LogP contribution is -2.02. The van der Waals surface area contributed by atoms with Crippen molar-refractivity contribution in [2.45, 2.75) is 23.1 Å². The highest BCUT2D eigenvalue weighted by atomic mass is 32.2. The van der Waals surface area contributed by atoms with Gasteiger partial charge in [0.1, 0.15) is 16.4 Å². The molecule has 2 rings (SSSR count). The van der Waals surface area contributed by atoms with Gasteiger partial charge in [0.2, 0.25) is 9.84 Å². The molecule has 0 saturated heterocycles. The van der Waals surface area contributed by atoms with Gasteiger partial charge in [-0.2, -0.15) is 0 Å². The van der Waals surface area contributed by atoms with Crippen molar-refractivity contribution in [3.63, 3.8) is 0 Å². The lowest BCUT2D eigenvalue weighted by molar-refractivity contribution is 0.317. The fraction of sp³-hybridized carbons (Fsp3) is 0.200. The summed E-state index contributed by atoms with van der Waals surface area (Å²) in [5.41, 5.74) is 0. The molecule has 0 saturated carbocycles. The van der Waals surface area contributed by atoms with Crippen LogP contribution in [0, 0.1) is 0 Å². The van der Waals surface area contributed by atoms with Crippen LogP contribution in [0.3, 0.4) is 0 Å². The predicted octanol–water partition coefficient (Wildman–Crippen LogP) is 3.01. The Morgan fingerprint density at radius 1 is 1.05 bits per heavy atom. The number of hydrogen-bond acceptors (Lipinski definition) is 4. The molecule has 0 fully saturated rings. The molecular weight excluding hydrogens is 276 g/mol. The normalized spacial score (nSPS) is 11.2. The van der Waals surface area contributed by atoms with E-state index < -0.39 is 9.84 Å². The number of sulfone groups is 1. The number of ether oxygens (including phenoxy) is 1. The van der Waals surface area contributed by atoms with Crippen molar-refractivity contribution in [1.82, 2.24) is 0 Å². The monoisotopic (exact) mass is 292 g/mol. The first kappa shape index (κ1) is 14.4. The maximum atomic E-state index is 12.4. The smallest absolute Gasteiger partial charge is 0.210 e. The second kappa shape index (κ2) is 5.96. The van der Waals surface area contributed by atoms with Crippen molar-refractivity contribution >= 4 is 9.84 Å². The molecule has 0 aliphatic carbocycles. The van der Waals surface area contributed by atoms with Crippen LogP contribution in [0.1, 0.15) is 13.3 Å². The van der Waals surface area contributed by atoms with E-state index >= 15 is 0 Å². The Kier molecular flexibility index (Phi) is 4.29. The maximum absolute atomic E-state index is 12.4. The average molecular weight is 292 g/mol. The predicted molar refractivity (Wildman–Crippen MR) is 75.8 cm³/mol. The molecule has 2 aromatic rings. The Morgan fingerprint density at radius 3 is 2.30 bits per heavy atom. The molecular formula is C15H16O4S. The van der Waals surface area contributed by atoms with Crippen molar-refractivity contribution in [2.75, 3.05) is 6.61 Å². The number of phenolic OH excluding ortho intramolecular Hbond substituents is 1. The van der Waals surface area contributed by atoms with Crippen LogP contribution in [0.5, 0.6) is 11.5 Å². The van der Waals surface area contributed by atoms with Gasteiger partial charge in [-0.25, -0.2) is 8.42 Å². The zero-order valence-corrected chi connectivity index (χ0v) is 11.9. The molecule has 4 nitrogen and oxygen atoms in total. The van der Waals surface area contributed by atoms with Gasteiger partial charge in [-0.1, -0.05) is 19.1 Å². The minimum atomic E-state index is -3.71. The van der Waals surface area contributed by atoms with Crippen LogP contribution in [0.15, 0.2) is 58.3 Å². The van der Waals surface area contributed by atoms with Crippen molar-refractivity contribution in [3.05, 3.63) is 48.5 Å². The molecule has 0 amide bonds. The first-order valence-electron chi connectivity index (χ1n) is 6.31. The summed E-state index contributed by atoms with van der Waals surface area (Å²) in [5, 5.41) is 9.67. The summed E-state index contributed by atoms with van der Waals surface area (Å²) in [6.45, 7) is 2.59. The topological polar surface area (TPSA) is 63.6 Å². The summed E-state index contributed by atoms with van der Waals surface area (Å²) in [6, 6.07) is 12.1. The average Bonchev–Trinajstić information content (AvgIpc) is 2.46. The van der Waals surface area contributed by atoms with E-state index in [1.54, 1.807) is 24.3 Å². The summed E-state index contributed by atoms with van der Waals surface area (Å²) in [6.07, 6.45) is 0.887. The third-order valence-corrected chi connectivity index (χ3v) is 4.58. The van der Waals surface area contributed by atoms with Gasteiger partial charge in [0.05, 0.1) is 11.5 Å². The molecule has 0 aliphatic rings. The van der Waals surface area contributed by atoms with E-state index in [0.29, 0.717) is 12.4 Å². The van der Waals surface area contributed by atoms with Crippen molar-refractivity contribution in [1.29, 1.82) is 0 Å². The second-order valence-corrected chi connectivity index (χ2v) is 6.21. The number of benzene rings is 2. The molecule has 0 atom stereocenters. The van der Waals surface area contributed by atoms with Crippen LogP contribution in [0.25, 0.3) is 0 Å². The highest BCUT2D eigenvalue weighted by molar-refractivity contribution is 7.91. The molecule has 0 aromatic heterocycles. The van der Waals surface area contributed by atoms with Crippen LogP contribution in [-0.2, 0) is 9.84 Å². The molecule has 0 bridgehead atoms. The van der Waals surface area contributed by atoms with E-state index in [2.05, 4.69) is 0 Å². The zero-order chi connectivity index (χ0) is 14.6. The van der Waals surface area contributed by atoms with Crippen LogP contribution in [-0.4, -0.2) is 20.1 Å². The minimum absolute atomic E-state index is 0.0952. The van der Waals surface area contributed by atoms with E-state index in [4.69, 9.17) is 4.74 Å². The third-order valence-electron chi connectivity index (χ3n) is 2.76. The molecule has 0 aliphatic heterocycles. The van der Waals surface area contributed by atoms with Crippen LogP contribution >= 0.6 is 0 Å². The summed E-state index contributed by atoms with van der Waals surface area (Å²) in [5.74, 6) is 0.377. The van der Waals surface area contributed by atoms with E-state index in [0.717, 1.165) is 6.42 Å². The lowest BCUT2D eigenvalue weighted by Gasteiger charge is -2.08. The Bertz CT molecular complexity index is 675. The van der Waals surface area contributed by atoms with Gasteiger partial charge in [0.25, 0.3) is 0 Å². The van der Waals surface area contributed by atoms with Gasteiger partial charge >= 0.3 is 0 Å². The summed E-state index contributed by atoms with van der Waals surface area (Å²) in [4.78, 5) is 0.0325. The van der Waals surface area contributed by atoms with E-state index in [1.807, 2.05) is 6.92 Å². The molecule has 106 valence electrons. The quantitative estimate of drug-likeness (QED) is 0.920. The molecule has 5 heteroatoms. The van der Waals surface area contributed by atoms with Crippen LogP contribution in [0.2, 0.25) is 0 Å². The van der Waals surface area contributed by atoms with Crippen molar-refractivity contribution < 1.29 is 18.3 Å². The van der Waals surface area contributed by atoms with E-state index in [1.165, 1.54) is 24.3 Å². The lowest BCUT2D eigenvalue weighted by atomic mass is 10.3. The van der Waals surface area contributed by atoms with Crippen LogP contribution < -0.4 is 4.74 Å². The zero-order valence-electron chi connectivity index (χ0n) is 11.1. The highest BCUT2D eigenvalue weighted by Gasteiger charge is 2.20. The van der Waals surface area contributed by atoms with Gasteiger partial charge in [0, 0.05) is 0 Å². The Labute approximate surface area is 118 Å². The Morgan fingerprint density at radius 2 is 1.70 bits per heavy atom. The minimum Gasteiger partial charge on any atom is -0.507 e. The number of hydrogen-bond donors (Lipinski definition) is 1. The fourth-order valence-electron chi connectivity index (χ4n) is 1.75. The first-order valence-corrected chi connectivity index (χ1v) is 7.80. The number of phenols is 1. The van der Waals surface area contributed by atoms with Gasteiger partial charge in [-0.15, -0.1) is 0 Å². The SMILES string of the molecule is CCCOc1ccc(S(=O)(=O)c2ccccc2O)cc1. The molecule has 0 unspecified atom stereocenters.